The second-order valence-electron chi connectivity index (χ2n) is 5.25. The number of nitrogens with zero attached hydrogens (tertiary/aromatic N) is 2. The topological polar surface area (TPSA) is 36.7 Å². The van der Waals surface area contributed by atoms with E-state index in [1.165, 1.54) is 23.5 Å². The summed E-state index contributed by atoms with van der Waals surface area (Å²) in [5.41, 5.74) is 3.63. The molecule has 0 spiro atoms. The first-order valence-corrected chi connectivity index (χ1v) is 8.04. The van der Waals surface area contributed by atoms with E-state index in [2.05, 4.69) is 11.1 Å². The van der Waals surface area contributed by atoms with Crippen LogP contribution >= 0.6 is 11.3 Å². The van der Waals surface area contributed by atoms with Gasteiger partial charge in [-0.15, -0.1) is 11.3 Å². The van der Waals surface area contributed by atoms with Crippen LogP contribution in [0, 0.1) is 29.9 Å². The van der Waals surface area contributed by atoms with E-state index in [-0.39, 0.29) is 0 Å². The molecule has 0 unspecified atom stereocenters. The van der Waals surface area contributed by atoms with Crippen molar-refractivity contribution in [3.63, 3.8) is 0 Å². The smallest absolute Gasteiger partial charge is 0.159 e. The van der Waals surface area contributed by atoms with Crippen LogP contribution in [0.25, 0.3) is 22.9 Å². The number of hydrogen-bond donors (Lipinski definition) is 0. The van der Waals surface area contributed by atoms with Crippen LogP contribution < -0.4 is 0 Å². The number of nitriles is 1. The Balaban J connectivity index is 1.94. The molecule has 0 amide bonds. The fourth-order valence-electron chi connectivity index (χ4n) is 2.17. The molecule has 0 aliphatic carbocycles. The van der Waals surface area contributed by atoms with Gasteiger partial charge in [0.05, 0.1) is 11.3 Å². The van der Waals surface area contributed by atoms with Crippen LogP contribution in [0.4, 0.5) is 8.78 Å². The first-order valence-electron chi connectivity index (χ1n) is 7.16. The zero-order chi connectivity index (χ0) is 17.1. The van der Waals surface area contributed by atoms with Gasteiger partial charge < -0.3 is 0 Å². The van der Waals surface area contributed by atoms with Crippen molar-refractivity contribution in [2.45, 2.75) is 6.92 Å². The summed E-state index contributed by atoms with van der Waals surface area (Å²) in [5.74, 6) is -1.86. The molecule has 0 N–H and O–H groups in total. The molecule has 24 heavy (non-hydrogen) atoms. The number of benzene rings is 2. The second-order valence-corrected chi connectivity index (χ2v) is 6.11. The van der Waals surface area contributed by atoms with Crippen LogP contribution in [0.5, 0.6) is 0 Å². The van der Waals surface area contributed by atoms with E-state index >= 15 is 0 Å². The van der Waals surface area contributed by atoms with Gasteiger partial charge in [-0.2, -0.15) is 5.26 Å². The minimum Gasteiger partial charge on any atom is -0.235 e. The van der Waals surface area contributed by atoms with Gasteiger partial charge in [0, 0.05) is 10.9 Å². The Labute approximate surface area is 142 Å². The third-order valence-corrected chi connectivity index (χ3v) is 4.33. The summed E-state index contributed by atoms with van der Waals surface area (Å²) in [6, 6.07) is 13.5. The summed E-state index contributed by atoms with van der Waals surface area (Å²) in [6.45, 7) is 2.01. The number of aryl methyl sites for hydroxylation is 1. The average molecular weight is 338 g/mol. The standard InChI is InChI=1S/C19H12F2N2S/c1-12-2-5-14(6-3-12)18-11-24-19(23-18)15(10-22)8-13-4-7-16(20)17(21)9-13/h2-9,11H,1H3/b15-8+. The van der Waals surface area contributed by atoms with E-state index in [4.69, 9.17) is 0 Å². The van der Waals surface area contributed by atoms with Crippen LogP contribution in [0.1, 0.15) is 16.1 Å². The van der Waals surface area contributed by atoms with Gasteiger partial charge >= 0.3 is 0 Å². The Morgan fingerprint density at radius 3 is 2.54 bits per heavy atom. The zero-order valence-corrected chi connectivity index (χ0v) is 13.6. The van der Waals surface area contributed by atoms with Crippen molar-refractivity contribution in [1.82, 2.24) is 4.98 Å². The van der Waals surface area contributed by atoms with Crippen molar-refractivity contribution in [3.8, 4) is 17.3 Å². The minimum absolute atomic E-state index is 0.310. The van der Waals surface area contributed by atoms with Crippen LogP contribution in [-0.4, -0.2) is 4.98 Å². The molecule has 0 aliphatic rings. The molecule has 118 valence electrons. The van der Waals surface area contributed by atoms with E-state index in [9.17, 15) is 14.0 Å². The van der Waals surface area contributed by atoms with E-state index in [0.29, 0.717) is 16.1 Å². The second kappa shape index (κ2) is 6.73. The van der Waals surface area contributed by atoms with Crippen molar-refractivity contribution < 1.29 is 8.78 Å². The van der Waals surface area contributed by atoms with Gasteiger partial charge in [0.1, 0.15) is 11.1 Å². The van der Waals surface area contributed by atoms with Crippen molar-refractivity contribution >= 4 is 23.0 Å². The highest BCUT2D eigenvalue weighted by atomic mass is 32.1. The number of halogens is 2. The van der Waals surface area contributed by atoms with Gasteiger partial charge in [0.15, 0.2) is 11.6 Å². The van der Waals surface area contributed by atoms with Gasteiger partial charge in [-0.3, -0.25) is 0 Å². The van der Waals surface area contributed by atoms with Crippen LogP contribution in [0.15, 0.2) is 47.8 Å². The monoisotopic (exact) mass is 338 g/mol. The van der Waals surface area contributed by atoms with E-state index in [1.54, 1.807) is 0 Å². The van der Waals surface area contributed by atoms with Crippen LogP contribution in [0.2, 0.25) is 0 Å². The van der Waals surface area contributed by atoms with Crippen molar-refractivity contribution in [2.24, 2.45) is 0 Å². The van der Waals surface area contributed by atoms with Gasteiger partial charge in [0.2, 0.25) is 0 Å². The molecule has 1 aromatic heterocycles. The van der Waals surface area contributed by atoms with Gasteiger partial charge in [0.25, 0.3) is 0 Å². The quantitative estimate of drug-likeness (QED) is 0.595. The lowest BCUT2D eigenvalue weighted by Gasteiger charge is -1.98. The van der Waals surface area contributed by atoms with Gasteiger partial charge in [-0.25, -0.2) is 13.8 Å². The molecule has 0 fully saturated rings. The van der Waals surface area contributed by atoms with Crippen molar-refractivity contribution in [2.75, 3.05) is 0 Å². The zero-order valence-electron chi connectivity index (χ0n) is 12.8. The Kier molecular flexibility index (Phi) is 4.50. The predicted molar refractivity (Wildman–Crippen MR) is 92.1 cm³/mol. The molecule has 2 nitrogen and oxygen atoms in total. The normalized spacial score (nSPS) is 11.3. The SMILES string of the molecule is Cc1ccc(-c2csc(/C(C#N)=C/c3ccc(F)c(F)c3)n2)cc1. The Morgan fingerprint density at radius 1 is 1.12 bits per heavy atom. The molecule has 0 aliphatic heterocycles. The molecule has 3 aromatic rings. The summed E-state index contributed by atoms with van der Waals surface area (Å²) in [7, 11) is 0. The number of allylic oxidation sites excluding steroid dienone is 1. The molecule has 2 aromatic carbocycles. The summed E-state index contributed by atoms with van der Waals surface area (Å²) in [5, 5.41) is 11.8. The van der Waals surface area contributed by atoms with Crippen molar-refractivity contribution in [1.29, 1.82) is 5.26 Å². The average Bonchev–Trinajstić information content (AvgIpc) is 3.06. The third-order valence-electron chi connectivity index (χ3n) is 3.46. The molecule has 5 heteroatoms. The molecule has 0 bridgehead atoms. The summed E-state index contributed by atoms with van der Waals surface area (Å²) in [6.07, 6.45) is 1.50. The molecular formula is C19H12F2N2S. The van der Waals surface area contributed by atoms with E-state index in [1.807, 2.05) is 36.6 Å². The van der Waals surface area contributed by atoms with Crippen molar-refractivity contribution in [3.05, 3.63) is 75.6 Å². The highest BCUT2D eigenvalue weighted by Gasteiger charge is 2.10. The van der Waals surface area contributed by atoms with E-state index in [0.717, 1.165) is 29.0 Å². The maximum absolute atomic E-state index is 13.3. The number of hydrogen-bond acceptors (Lipinski definition) is 3. The molecule has 0 saturated carbocycles. The Morgan fingerprint density at radius 2 is 1.88 bits per heavy atom. The predicted octanol–water partition coefficient (Wildman–Crippen LogP) is 5.46. The van der Waals surface area contributed by atoms with Gasteiger partial charge in [-0.1, -0.05) is 35.9 Å². The fraction of sp³-hybridized carbons (Fsp3) is 0.0526. The summed E-state index contributed by atoms with van der Waals surface area (Å²) >= 11 is 1.34. The number of rotatable bonds is 3. The lowest BCUT2D eigenvalue weighted by Crippen LogP contribution is -1.86. The van der Waals surface area contributed by atoms with Crippen LogP contribution in [-0.2, 0) is 0 Å². The highest BCUT2D eigenvalue weighted by Crippen LogP contribution is 2.27. The Hall–Kier alpha value is -2.84. The molecule has 1 heterocycles. The van der Waals surface area contributed by atoms with E-state index < -0.39 is 11.6 Å². The third kappa shape index (κ3) is 3.39. The molecular weight excluding hydrogens is 326 g/mol. The lowest BCUT2D eigenvalue weighted by atomic mass is 10.1. The first-order chi connectivity index (χ1) is 11.6. The minimum atomic E-state index is -0.944. The summed E-state index contributed by atoms with van der Waals surface area (Å²) < 4.78 is 26.3. The number of aromatic nitrogens is 1. The Bertz CT molecular complexity index is 950. The maximum Gasteiger partial charge on any atom is 0.159 e. The fourth-order valence-corrected chi connectivity index (χ4v) is 2.96. The molecule has 0 saturated heterocycles. The summed E-state index contributed by atoms with van der Waals surface area (Å²) in [4.78, 5) is 4.48. The maximum atomic E-state index is 13.3. The first kappa shape index (κ1) is 16.0. The van der Waals surface area contributed by atoms with Crippen LogP contribution in [0.3, 0.4) is 0 Å². The molecule has 0 radical (unpaired) electrons. The lowest BCUT2D eigenvalue weighted by molar-refractivity contribution is 0.508. The largest absolute Gasteiger partial charge is 0.235 e. The highest BCUT2D eigenvalue weighted by molar-refractivity contribution is 7.11. The molecule has 3 rings (SSSR count). The molecule has 0 atom stereocenters. The van der Waals surface area contributed by atoms with Gasteiger partial charge in [-0.05, 0) is 30.7 Å². The number of thiazole rings is 1.